The number of ether oxygens (including phenoxy) is 2. The number of carbonyl (C=O) groups is 1. The topological polar surface area (TPSA) is 51.2 Å². The molecule has 39 heavy (non-hydrogen) atoms. The number of piperazine rings is 1. The van der Waals surface area contributed by atoms with Gasteiger partial charge in [0.1, 0.15) is 5.60 Å². The zero-order chi connectivity index (χ0) is 28.5. The van der Waals surface area contributed by atoms with Gasteiger partial charge in [0, 0.05) is 25.7 Å². The van der Waals surface area contributed by atoms with Crippen LogP contribution in [0, 0.1) is 0 Å². The SMILES string of the molecule is CC[C@@]1(N2CCN(C(=O)OC(C)(C)C)C[C@@H]2C)COC[C@@H]1O[Si](c1ccccc1)(c1ccccc1)C(C)(C)C. The van der Waals surface area contributed by atoms with Crippen LogP contribution >= 0.6 is 0 Å². The van der Waals surface area contributed by atoms with E-state index in [1.807, 2.05) is 25.7 Å². The number of benzene rings is 2. The van der Waals surface area contributed by atoms with E-state index >= 15 is 0 Å². The first-order valence-corrected chi connectivity index (χ1v) is 16.4. The van der Waals surface area contributed by atoms with E-state index in [-0.39, 0.29) is 28.8 Å². The Balaban J connectivity index is 1.69. The summed E-state index contributed by atoms with van der Waals surface area (Å²) >= 11 is 0. The standard InChI is InChI=1S/C32H48N2O4Si/c1-9-32(34-21-20-33(22-25(34)2)29(35)37-30(3,4)5)24-36-23-28(32)38-39(31(6,7)8,26-16-12-10-13-17-26)27-18-14-11-15-19-27/h10-19,25,28H,9,20-24H2,1-8H3/t25-,28-,32+/m0/s1. The van der Waals surface area contributed by atoms with Gasteiger partial charge in [-0.15, -0.1) is 0 Å². The molecular formula is C32H48N2O4Si. The molecule has 7 heteroatoms. The fraction of sp³-hybridized carbons (Fsp3) is 0.594. The van der Waals surface area contributed by atoms with Crippen LogP contribution in [0.15, 0.2) is 60.7 Å². The van der Waals surface area contributed by atoms with Crippen LogP contribution in [0.25, 0.3) is 0 Å². The van der Waals surface area contributed by atoms with Crippen LogP contribution in [0.2, 0.25) is 5.04 Å². The Labute approximate surface area is 236 Å². The summed E-state index contributed by atoms with van der Waals surface area (Å²) in [6.07, 6.45) is 0.582. The molecule has 214 valence electrons. The first-order chi connectivity index (χ1) is 18.3. The van der Waals surface area contributed by atoms with E-state index in [1.165, 1.54) is 10.4 Å². The number of nitrogens with zero attached hydrogens (tertiary/aromatic N) is 2. The molecule has 0 radical (unpaired) electrons. The highest BCUT2D eigenvalue weighted by atomic mass is 28.4. The van der Waals surface area contributed by atoms with E-state index in [9.17, 15) is 4.79 Å². The minimum Gasteiger partial charge on any atom is -0.444 e. The lowest BCUT2D eigenvalue weighted by atomic mass is 9.88. The van der Waals surface area contributed by atoms with Gasteiger partial charge in [-0.05, 0) is 49.5 Å². The highest BCUT2D eigenvalue weighted by Crippen LogP contribution is 2.42. The quantitative estimate of drug-likeness (QED) is 0.470. The molecule has 2 saturated heterocycles. The number of hydrogen-bond acceptors (Lipinski definition) is 5. The van der Waals surface area contributed by atoms with E-state index in [0.717, 1.165) is 13.0 Å². The number of hydrogen-bond donors (Lipinski definition) is 0. The summed E-state index contributed by atoms with van der Waals surface area (Å²) in [5.74, 6) is 0. The summed E-state index contributed by atoms with van der Waals surface area (Å²) in [4.78, 5) is 17.3. The van der Waals surface area contributed by atoms with E-state index < -0.39 is 13.9 Å². The van der Waals surface area contributed by atoms with Crippen LogP contribution < -0.4 is 10.4 Å². The van der Waals surface area contributed by atoms with Gasteiger partial charge in [-0.1, -0.05) is 88.4 Å². The van der Waals surface area contributed by atoms with Crippen molar-refractivity contribution in [2.75, 3.05) is 32.8 Å². The first-order valence-electron chi connectivity index (χ1n) is 14.5. The zero-order valence-corrected chi connectivity index (χ0v) is 26.2. The van der Waals surface area contributed by atoms with Crippen LogP contribution in [0.4, 0.5) is 4.79 Å². The molecule has 4 rings (SSSR count). The Hall–Kier alpha value is -2.19. The van der Waals surface area contributed by atoms with Crippen molar-refractivity contribution >= 4 is 24.8 Å². The summed E-state index contributed by atoms with van der Waals surface area (Å²) in [7, 11) is -2.75. The third-order valence-electron chi connectivity index (χ3n) is 8.42. The van der Waals surface area contributed by atoms with Gasteiger partial charge in [0.2, 0.25) is 0 Å². The molecule has 6 nitrogen and oxygen atoms in total. The lowest BCUT2D eigenvalue weighted by Gasteiger charge is -2.53. The molecule has 0 N–H and O–H groups in total. The minimum atomic E-state index is -2.75. The zero-order valence-electron chi connectivity index (χ0n) is 25.2. The monoisotopic (exact) mass is 552 g/mol. The minimum absolute atomic E-state index is 0.0932. The molecule has 2 aliphatic rings. The molecule has 2 heterocycles. The summed E-state index contributed by atoms with van der Waals surface area (Å²) in [6.45, 7) is 20.4. The molecule has 0 bridgehead atoms. The Kier molecular flexibility index (Phi) is 8.67. The molecule has 3 atom stereocenters. The summed E-state index contributed by atoms with van der Waals surface area (Å²) in [6, 6.07) is 21.8. The van der Waals surface area contributed by atoms with Gasteiger partial charge < -0.3 is 18.8 Å². The molecule has 0 spiro atoms. The molecule has 1 amide bonds. The molecule has 0 unspecified atom stereocenters. The summed E-state index contributed by atoms with van der Waals surface area (Å²) in [5, 5.41) is 2.45. The second-order valence-corrected chi connectivity index (χ2v) is 17.5. The largest absolute Gasteiger partial charge is 0.444 e. The Morgan fingerprint density at radius 1 is 0.974 bits per heavy atom. The highest BCUT2D eigenvalue weighted by molar-refractivity contribution is 6.99. The number of carbonyl (C=O) groups excluding carboxylic acids is 1. The maximum absolute atomic E-state index is 12.9. The third kappa shape index (κ3) is 5.83. The third-order valence-corrected chi connectivity index (χ3v) is 13.5. The van der Waals surface area contributed by atoms with Crippen molar-refractivity contribution in [1.82, 2.24) is 9.80 Å². The molecule has 0 saturated carbocycles. The Bertz CT molecular complexity index is 1060. The number of amides is 1. The summed E-state index contributed by atoms with van der Waals surface area (Å²) in [5.41, 5.74) is -0.775. The van der Waals surface area contributed by atoms with E-state index in [0.29, 0.717) is 26.3 Å². The first kappa shape index (κ1) is 29.8. The molecule has 2 aromatic carbocycles. The van der Waals surface area contributed by atoms with Crippen molar-refractivity contribution in [1.29, 1.82) is 0 Å². The van der Waals surface area contributed by atoms with Gasteiger partial charge in [-0.2, -0.15) is 0 Å². The highest BCUT2D eigenvalue weighted by Gasteiger charge is 2.58. The van der Waals surface area contributed by atoms with Crippen molar-refractivity contribution in [2.45, 2.75) is 90.1 Å². The lowest BCUT2D eigenvalue weighted by Crippen LogP contribution is -2.72. The van der Waals surface area contributed by atoms with E-state index in [2.05, 4.69) is 100 Å². The van der Waals surface area contributed by atoms with Crippen molar-refractivity contribution in [2.24, 2.45) is 0 Å². The van der Waals surface area contributed by atoms with Crippen LogP contribution in [-0.4, -0.2) is 80.3 Å². The predicted molar refractivity (Wildman–Crippen MR) is 160 cm³/mol. The summed E-state index contributed by atoms with van der Waals surface area (Å²) < 4.78 is 19.6. The van der Waals surface area contributed by atoms with Gasteiger partial charge in [0.15, 0.2) is 0 Å². The molecular weight excluding hydrogens is 504 g/mol. The Morgan fingerprint density at radius 3 is 2.00 bits per heavy atom. The number of rotatable bonds is 6. The molecule has 0 aromatic heterocycles. The average molecular weight is 553 g/mol. The molecule has 2 fully saturated rings. The predicted octanol–water partition coefficient (Wildman–Crippen LogP) is 5.05. The second-order valence-electron chi connectivity index (χ2n) is 13.2. The van der Waals surface area contributed by atoms with Crippen molar-refractivity contribution < 1.29 is 18.7 Å². The fourth-order valence-electron chi connectivity index (χ4n) is 6.55. The van der Waals surface area contributed by atoms with E-state index in [1.54, 1.807) is 0 Å². The molecule has 2 aromatic rings. The molecule has 0 aliphatic carbocycles. The van der Waals surface area contributed by atoms with Crippen molar-refractivity contribution in [3.05, 3.63) is 60.7 Å². The maximum atomic E-state index is 12.9. The second kappa shape index (κ2) is 11.4. The lowest BCUT2D eigenvalue weighted by molar-refractivity contribution is -0.0570. The fourth-order valence-corrected chi connectivity index (χ4v) is 11.3. The van der Waals surface area contributed by atoms with Gasteiger partial charge in [0.05, 0.1) is 24.9 Å². The Morgan fingerprint density at radius 2 is 1.54 bits per heavy atom. The van der Waals surface area contributed by atoms with Gasteiger partial charge in [0.25, 0.3) is 8.32 Å². The van der Waals surface area contributed by atoms with Crippen LogP contribution in [0.3, 0.4) is 0 Å². The van der Waals surface area contributed by atoms with Crippen LogP contribution in [0.5, 0.6) is 0 Å². The van der Waals surface area contributed by atoms with Gasteiger partial charge in [-0.3, -0.25) is 4.90 Å². The van der Waals surface area contributed by atoms with Gasteiger partial charge >= 0.3 is 6.09 Å². The van der Waals surface area contributed by atoms with E-state index in [4.69, 9.17) is 13.9 Å². The maximum Gasteiger partial charge on any atom is 0.410 e. The van der Waals surface area contributed by atoms with Crippen LogP contribution in [-0.2, 0) is 13.9 Å². The van der Waals surface area contributed by atoms with Crippen LogP contribution in [0.1, 0.15) is 61.8 Å². The van der Waals surface area contributed by atoms with Crippen molar-refractivity contribution in [3.63, 3.8) is 0 Å². The van der Waals surface area contributed by atoms with Crippen molar-refractivity contribution in [3.8, 4) is 0 Å². The molecule has 2 aliphatic heterocycles. The van der Waals surface area contributed by atoms with Gasteiger partial charge in [-0.25, -0.2) is 4.79 Å². The smallest absolute Gasteiger partial charge is 0.410 e. The average Bonchev–Trinajstić information content (AvgIpc) is 3.29. The normalized spacial score (nSPS) is 25.1.